The lowest BCUT2D eigenvalue weighted by molar-refractivity contribution is -0.120. The standard InChI is InChI=1S/C27H30N2O5S/c1-3-4-5-9-21-14-16-25(17-15-21)35(31,32)34-26-13-7-6-11-23(26)20-28-29-27(30)19-22-10-8-12-24(18-22)33-2/h6-8,10-18,20H,3-5,9,19H2,1-2H3,(H,29,30)/b28-20+. The first-order chi connectivity index (χ1) is 16.9. The van der Waals surface area contributed by atoms with E-state index in [-0.39, 0.29) is 23.0 Å². The Balaban J connectivity index is 1.63. The van der Waals surface area contributed by atoms with Crippen LogP contribution in [0.4, 0.5) is 0 Å². The molecule has 7 nitrogen and oxygen atoms in total. The maximum Gasteiger partial charge on any atom is 0.339 e. The molecule has 0 fully saturated rings. The van der Waals surface area contributed by atoms with E-state index in [4.69, 9.17) is 8.92 Å². The summed E-state index contributed by atoms with van der Waals surface area (Å²) in [6.45, 7) is 2.14. The molecule has 8 heteroatoms. The fourth-order valence-corrected chi connectivity index (χ4v) is 4.37. The zero-order valence-electron chi connectivity index (χ0n) is 19.9. The molecule has 3 aromatic carbocycles. The van der Waals surface area contributed by atoms with Gasteiger partial charge in [-0.1, -0.05) is 56.2 Å². The maximum atomic E-state index is 12.8. The Morgan fingerprint density at radius 2 is 1.74 bits per heavy atom. The highest BCUT2D eigenvalue weighted by molar-refractivity contribution is 7.87. The van der Waals surface area contributed by atoms with Gasteiger partial charge in [-0.3, -0.25) is 4.79 Å². The molecule has 3 rings (SSSR count). The van der Waals surface area contributed by atoms with Crippen LogP contribution in [0.15, 0.2) is 82.8 Å². The molecule has 184 valence electrons. The van der Waals surface area contributed by atoms with E-state index in [1.807, 2.05) is 18.2 Å². The zero-order chi connectivity index (χ0) is 25.1. The van der Waals surface area contributed by atoms with Crippen LogP contribution in [0.25, 0.3) is 0 Å². The van der Waals surface area contributed by atoms with Crippen molar-refractivity contribution in [2.45, 2.75) is 43.9 Å². The number of nitrogens with one attached hydrogen (secondary N) is 1. The topological polar surface area (TPSA) is 94.1 Å². The molecular formula is C27H30N2O5S. The van der Waals surface area contributed by atoms with Crippen LogP contribution in [0.2, 0.25) is 0 Å². The molecule has 0 spiro atoms. The Bertz CT molecular complexity index is 1250. The predicted octanol–water partition coefficient (Wildman–Crippen LogP) is 4.89. The molecule has 1 N–H and O–H groups in total. The summed E-state index contributed by atoms with van der Waals surface area (Å²) in [4.78, 5) is 12.3. The highest BCUT2D eigenvalue weighted by Crippen LogP contribution is 2.22. The summed E-state index contributed by atoms with van der Waals surface area (Å²) in [5.41, 5.74) is 4.73. The molecule has 0 unspecified atom stereocenters. The van der Waals surface area contributed by atoms with Crippen molar-refractivity contribution in [3.05, 3.63) is 89.5 Å². The molecule has 0 bridgehead atoms. The number of rotatable bonds is 12. The third-order valence-corrected chi connectivity index (χ3v) is 6.54. The molecule has 0 aliphatic carbocycles. The van der Waals surface area contributed by atoms with E-state index in [9.17, 15) is 13.2 Å². The number of para-hydroxylation sites is 1. The van der Waals surface area contributed by atoms with E-state index in [1.54, 1.807) is 55.6 Å². The van der Waals surface area contributed by atoms with Crippen LogP contribution in [0, 0.1) is 0 Å². The van der Waals surface area contributed by atoms with E-state index in [0.29, 0.717) is 11.3 Å². The molecular weight excluding hydrogens is 464 g/mol. The van der Waals surface area contributed by atoms with Crippen LogP contribution < -0.4 is 14.3 Å². The number of carbonyl (C=O) groups excluding carboxylic acids is 1. The SMILES string of the molecule is CCCCCc1ccc(S(=O)(=O)Oc2ccccc2/C=N/NC(=O)Cc2cccc(OC)c2)cc1. The highest BCUT2D eigenvalue weighted by atomic mass is 32.2. The fraction of sp³-hybridized carbons (Fsp3) is 0.259. The number of methoxy groups -OCH3 is 1. The Hall–Kier alpha value is -3.65. The van der Waals surface area contributed by atoms with Crippen LogP contribution in [-0.4, -0.2) is 27.6 Å². The molecule has 1 amide bonds. The van der Waals surface area contributed by atoms with Gasteiger partial charge in [-0.15, -0.1) is 0 Å². The number of unbranched alkanes of at least 4 members (excludes halogenated alkanes) is 2. The number of carbonyl (C=O) groups is 1. The van der Waals surface area contributed by atoms with Crippen LogP contribution in [0.1, 0.15) is 42.9 Å². The Morgan fingerprint density at radius 3 is 2.49 bits per heavy atom. The number of hydrogen-bond donors (Lipinski definition) is 1. The first-order valence-electron chi connectivity index (χ1n) is 11.5. The van der Waals surface area contributed by atoms with E-state index in [2.05, 4.69) is 17.5 Å². The average Bonchev–Trinajstić information content (AvgIpc) is 2.85. The molecule has 0 aromatic heterocycles. The van der Waals surface area contributed by atoms with E-state index < -0.39 is 10.1 Å². The van der Waals surface area contributed by atoms with E-state index >= 15 is 0 Å². The maximum absolute atomic E-state index is 12.8. The quantitative estimate of drug-likeness (QED) is 0.167. The lowest BCUT2D eigenvalue weighted by atomic mass is 10.1. The first kappa shape index (κ1) is 26.0. The van der Waals surface area contributed by atoms with Crippen molar-refractivity contribution < 1.29 is 22.1 Å². The van der Waals surface area contributed by atoms with Gasteiger partial charge < -0.3 is 8.92 Å². The number of hydrogen-bond acceptors (Lipinski definition) is 6. The molecule has 0 radical (unpaired) electrons. The van der Waals surface area contributed by atoms with Gasteiger partial charge in [0.1, 0.15) is 10.6 Å². The number of ether oxygens (including phenoxy) is 1. The normalized spacial score (nSPS) is 11.4. The molecule has 35 heavy (non-hydrogen) atoms. The van der Waals surface area contributed by atoms with Gasteiger partial charge in [0, 0.05) is 5.56 Å². The minimum absolute atomic E-state index is 0.0788. The summed E-state index contributed by atoms with van der Waals surface area (Å²) in [6.07, 6.45) is 5.73. The second-order valence-electron chi connectivity index (χ2n) is 8.00. The summed E-state index contributed by atoms with van der Waals surface area (Å²) in [5.74, 6) is 0.460. The molecule has 0 saturated carbocycles. The predicted molar refractivity (Wildman–Crippen MR) is 136 cm³/mol. The van der Waals surface area contributed by atoms with Gasteiger partial charge in [0.05, 0.1) is 19.7 Å². The molecule has 0 aliphatic rings. The van der Waals surface area contributed by atoms with Gasteiger partial charge in [0.25, 0.3) is 0 Å². The van der Waals surface area contributed by atoms with Crippen LogP contribution in [0.3, 0.4) is 0 Å². The number of benzene rings is 3. The van der Waals surface area contributed by atoms with Crippen LogP contribution in [-0.2, 0) is 27.8 Å². The monoisotopic (exact) mass is 494 g/mol. The summed E-state index contributed by atoms with van der Waals surface area (Å²) >= 11 is 0. The number of aryl methyl sites for hydroxylation is 1. The lowest BCUT2D eigenvalue weighted by Gasteiger charge is -2.10. The van der Waals surface area contributed by atoms with Crippen molar-refractivity contribution in [2.75, 3.05) is 7.11 Å². The molecule has 0 heterocycles. The molecule has 0 aliphatic heterocycles. The third-order valence-electron chi connectivity index (χ3n) is 5.29. The Labute approximate surface area is 206 Å². The molecule has 0 saturated heterocycles. The zero-order valence-corrected chi connectivity index (χ0v) is 20.8. The van der Waals surface area contributed by atoms with Gasteiger partial charge in [0.2, 0.25) is 5.91 Å². The third kappa shape index (κ3) is 7.96. The summed E-state index contributed by atoms with van der Waals surface area (Å²) in [6, 6.07) is 20.5. The van der Waals surface area contributed by atoms with Crippen molar-refractivity contribution in [2.24, 2.45) is 5.10 Å². The number of amides is 1. The lowest BCUT2D eigenvalue weighted by Crippen LogP contribution is -2.20. The van der Waals surface area contributed by atoms with E-state index in [1.165, 1.54) is 12.3 Å². The minimum Gasteiger partial charge on any atom is -0.497 e. The summed E-state index contributed by atoms with van der Waals surface area (Å²) in [7, 11) is -2.46. The van der Waals surface area contributed by atoms with Gasteiger partial charge >= 0.3 is 10.1 Å². The average molecular weight is 495 g/mol. The van der Waals surface area contributed by atoms with Gasteiger partial charge in [-0.2, -0.15) is 13.5 Å². The fourth-order valence-electron chi connectivity index (χ4n) is 3.41. The van der Waals surface area contributed by atoms with Crippen molar-refractivity contribution in [3.8, 4) is 11.5 Å². The second-order valence-corrected chi connectivity index (χ2v) is 9.54. The van der Waals surface area contributed by atoms with Gasteiger partial charge in [-0.05, 0) is 60.4 Å². The summed E-state index contributed by atoms with van der Waals surface area (Å²) < 4.78 is 36.2. The van der Waals surface area contributed by atoms with E-state index in [0.717, 1.165) is 36.8 Å². The first-order valence-corrected chi connectivity index (χ1v) is 12.9. The van der Waals surface area contributed by atoms with Crippen molar-refractivity contribution in [1.29, 1.82) is 0 Å². The smallest absolute Gasteiger partial charge is 0.339 e. The minimum atomic E-state index is -4.03. The Kier molecular flexibility index (Phi) is 9.43. The van der Waals surface area contributed by atoms with Crippen molar-refractivity contribution >= 4 is 22.2 Å². The largest absolute Gasteiger partial charge is 0.497 e. The summed E-state index contributed by atoms with van der Waals surface area (Å²) in [5, 5.41) is 3.96. The van der Waals surface area contributed by atoms with Gasteiger partial charge in [0.15, 0.2) is 5.75 Å². The van der Waals surface area contributed by atoms with Crippen molar-refractivity contribution in [1.82, 2.24) is 5.43 Å². The van der Waals surface area contributed by atoms with Crippen LogP contribution in [0.5, 0.6) is 11.5 Å². The van der Waals surface area contributed by atoms with Gasteiger partial charge in [-0.25, -0.2) is 5.43 Å². The van der Waals surface area contributed by atoms with Crippen molar-refractivity contribution in [3.63, 3.8) is 0 Å². The molecule has 3 aromatic rings. The number of nitrogens with zero attached hydrogens (tertiary/aromatic N) is 1. The number of hydrazone groups is 1. The highest BCUT2D eigenvalue weighted by Gasteiger charge is 2.18. The van der Waals surface area contributed by atoms with Crippen LogP contribution >= 0.6 is 0 Å². The second kappa shape index (κ2) is 12.7. The molecule has 0 atom stereocenters. The Morgan fingerprint density at radius 1 is 0.971 bits per heavy atom.